The number of benzene rings is 1. The van der Waals surface area contributed by atoms with Crippen molar-refractivity contribution in [3.05, 3.63) is 40.4 Å². The molecule has 2 aromatic rings. The molecule has 0 saturated carbocycles. The van der Waals surface area contributed by atoms with Crippen molar-refractivity contribution in [3.63, 3.8) is 0 Å². The first-order valence-corrected chi connectivity index (χ1v) is 7.04. The van der Waals surface area contributed by atoms with Crippen LogP contribution in [0, 0.1) is 6.92 Å². The van der Waals surface area contributed by atoms with E-state index in [2.05, 4.69) is 10.2 Å². The van der Waals surface area contributed by atoms with Crippen LogP contribution < -0.4 is 5.73 Å². The largest absolute Gasteiger partial charge is 0.330 e. The molecule has 0 spiro atoms. The molecule has 19 heavy (non-hydrogen) atoms. The highest BCUT2D eigenvalue weighted by atomic mass is 35.5. The lowest BCUT2D eigenvalue weighted by Gasteiger charge is -2.12. The maximum atomic E-state index is 5.99. The van der Waals surface area contributed by atoms with E-state index in [0.29, 0.717) is 17.4 Å². The van der Waals surface area contributed by atoms with Gasteiger partial charge in [0, 0.05) is 11.4 Å². The molecule has 1 heterocycles. The summed E-state index contributed by atoms with van der Waals surface area (Å²) in [5.74, 6) is 1.93. The van der Waals surface area contributed by atoms with Crippen LogP contribution in [-0.2, 0) is 12.3 Å². The van der Waals surface area contributed by atoms with E-state index in [1.54, 1.807) is 0 Å². The lowest BCUT2D eigenvalue weighted by Crippen LogP contribution is -2.08. The first kappa shape index (κ1) is 14.3. The Bertz CT molecular complexity index is 566. The maximum absolute atomic E-state index is 5.99. The van der Waals surface area contributed by atoms with Crippen molar-refractivity contribution >= 4 is 23.2 Å². The van der Waals surface area contributed by atoms with Gasteiger partial charge in [-0.2, -0.15) is 0 Å². The van der Waals surface area contributed by atoms with Crippen LogP contribution in [0.4, 0.5) is 0 Å². The van der Waals surface area contributed by atoms with Gasteiger partial charge in [-0.05, 0) is 43.7 Å². The van der Waals surface area contributed by atoms with Gasteiger partial charge in [0.25, 0.3) is 0 Å². The van der Waals surface area contributed by atoms with E-state index in [4.69, 9.17) is 28.9 Å². The zero-order valence-electron chi connectivity index (χ0n) is 10.7. The van der Waals surface area contributed by atoms with Gasteiger partial charge in [0.15, 0.2) is 5.82 Å². The van der Waals surface area contributed by atoms with E-state index in [1.807, 2.05) is 29.7 Å². The Hall–Kier alpha value is -1.10. The van der Waals surface area contributed by atoms with Crippen LogP contribution in [-0.4, -0.2) is 21.3 Å². The van der Waals surface area contributed by atoms with Crippen LogP contribution in [0.25, 0.3) is 5.69 Å². The van der Waals surface area contributed by atoms with Crippen LogP contribution in [0.1, 0.15) is 23.6 Å². The zero-order chi connectivity index (χ0) is 13.8. The highest BCUT2D eigenvalue weighted by Crippen LogP contribution is 2.22. The molecule has 4 nitrogen and oxygen atoms in total. The summed E-state index contributed by atoms with van der Waals surface area (Å²) in [6, 6.07) is 5.74. The summed E-state index contributed by atoms with van der Waals surface area (Å²) in [5.41, 5.74) is 7.63. The molecule has 0 radical (unpaired) electrons. The van der Waals surface area contributed by atoms with E-state index in [9.17, 15) is 0 Å². The second-order valence-corrected chi connectivity index (χ2v) is 5.03. The van der Waals surface area contributed by atoms with Crippen LogP contribution >= 0.6 is 23.2 Å². The number of nitrogens with zero attached hydrogens (tertiary/aromatic N) is 3. The predicted molar refractivity (Wildman–Crippen MR) is 78.0 cm³/mol. The third-order valence-corrected chi connectivity index (χ3v) is 3.40. The molecule has 0 atom stereocenters. The lowest BCUT2D eigenvalue weighted by molar-refractivity contribution is 0.755. The van der Waals surface area contributed by atoms with Gasteiger partial charge < -0.3 is 5.73 Å². The van der Waals surface area contributed by atoms with Gasteiger partial charge in [-0.25, -0.2) is 0 Å². The standard InChI is InChI=1S/C13H16Cl2N4/c1-9-7-10(15)4-5-11(9)19-12(3-2-6-16)17-18-13(19)8-14/h4-5,7H,2-3,6,8,16H2,1H3. The molecule has 0 amide bonds. The molecule has 0 fully saturated rings. The summed E-state index contributed by atoms with van der Waals surface area (Å²) in [4.78, 5) is 0. The SMILES string of the molecule is Cc1cc(Cl)ccc1-n1c(CCl)nnc1CCCN. The van der Waals surface area contributed by atoms with Gasteiger partial charge >= 0.3 is 0 Å². The summed E-state index contributed by atoms with van der Waals surface area (Å²) in [7, 11) is 0. The van der Waals surface area contributed by atoms with Crippen LogP contribution in [0.3, 0.4) is 0 Å². The van der Waals surface area contributed by atoms with Crippen molar-refractivity contribution in [1.29, 1.82) is 0 Å². The second-order valence-electron chi connectivity index (χ2n) is 4.32. The molecule has 0 aliphatic carbocycles. The summed E-state index contributed by atoms with van der Waals surface area (Å²) in [6.07, 6.45) is 1.65. The fourth-order valence-electron chi connectivity index (χ4n) is 2.01. The summed E-state index contributed by atoms with van der Waals surface area (Å²) < 4.78 is 1.99. The number of aromatic nitrogens is 3. The fourth-order valence-corrected chi connectivity index (χ4v) is 2.41. The molecule has 0 unspecified atom stereocenters. The summed E-state index contributed by atoms with van der Waals surface area (Å²) >= 11 is 11.9. The molecule has 1 aromatic carbocycles. The molecule has 102 valence electrons. The van der Waals surface area contributed by atoms with Crippen molar-refractivity contribution in [3.8, 4) is 5.69 Å². The number of aryl methyl sites for hydroxylation is 2. The number of rotatable bonds is 5. The minimum Gasteiger partial charge on any atom is -0.330 e. The van der Waals surface area contributed by atoms with Crippen molar-refractivity contribution < 1.29 is 0 Å². The predicted octanol–water partition coefficient (Wildman–Crippen LogP) is 2.86. The topological polar surface area (TPSA) is 56.7 Å². The lowest BCUT2D eigenvalue weighted by atomic mass is 10.2. The average molecular weight is 299 g/mol. The van der Waals surface area contributed by atoms with E-state index in [-0.39, 0.29) is 0 Å². The smallest absolute Gasteiger partial charge is 0.152 e. The van der Waals surface area contributed by atoms with E-state index < -0.39 is 0 Å². The van der Waals surface area contributed by atoms with E-state index in [1.165, 1.54) is 0 Å². The number of hydrogen-bond donors (Lipinski definition) is 1. The Kier molecular flexibility index (Phi) is 4.80. The van der Waals surface area contributed by atoms with Crippen LogP contribution in [0.2, 0.25) is 5.02 Å². The van der Waals surface area contributed by atoms with Crippen molar-refractivity contribution in [2.24, 2.45) is 5.73 Å². The Labute approximate surface area is 122 Å². The molecule has 0 aliphatic rings. The monoisotopic (exact) mass is 298 g/mol. The number of alkyl halides is 1. The number of nitrogens with two attached hydrogens (primary N) is 1. The van der Waals surface area contributed by atoms with Gasteiger partial charge in [0.1, 0.15) is 5.82 Å². The molecule has 2 rings (SSSR count). The molecule has 6 heteroatoms. The van der Waals surface area contributed by atoms with Crippen molar-refractivity contribution in [2.75, 3.05) is 6.54 Å². The Morgan fingerprint density at radius 1 is 1.26 bits per heavy atom. The van der Waals surface area contributed by atoms with Gasteiger partial charge in [0.2, 0.25) is 0 Å². The van der Waals surface area contributed by atoms with Gasteiger partial charge in [-0.15, -0.1) is 21.8 Å². The maximum Gasteiger partial charge on any atom is 0.152 e. The quantitative estimate of drug-likeness (QED) is 0.864. The van der Waals surface area contributed by atoms with Gasteiger partial charge in [0.05, 0.1) is 11.6 Å². The minimum atomic E-state index is 0.317. The highest BCUT2D eigenvalue weighted by Gasteiger charge is 2.14. The average Bonchev–Trinajstić information content (AvgIpc) is 2.79. The minimum absolute atomic E-state index is 0.317. The molecular weight excluding hydrogens is 283 g/mol. The number of halogens is 2. The zero-order valence-corrected chi connectivity index (χ0v) is 12.2. The van der Waals surface area contributed by atoms with Gasteiger partial charge in [-0.1, -0.05) is 11.6 Å². The van der Waals surface area contributed by atoms with Crippen LogP contribution in [0.15, 0.2) is 18.2 Å². The molecule has 0 bridgehead atoms. The van der Waals surface area contributed by atoms with Crippen molar-refractivity contribution in [2.45, 2.75) is 25.6 Å². The first-order chi connectivity index (χ1) is 9.17. The third kappa shape index (κ3) is 3.08. The first-order valence-electron chi connectivity index (χ1n) is 6.13. The molecule has 0 aliphatic heterocycles. The van der Waals surface area contributed by atoms with E-state index in [0.717, 1.165) is 35.7 Å². The highest BCUT2D eigenvalue weighted by molar-refractivity contribution is 6.30. The summed E-state index contributed by atoms with van der Waals surface area (Å²) in [5, 5.41) is 9.05. The fraction of sp³-hybridized carbons (Fsp3) is 0.385. The van der Waals surface area contributed by atoms with Crippen LogP contribution in [0.5, 0.6) is 0 Å². The molecule has 1 aromatic heterocycles. The molecule has 0 saturated heterocycles. The van der Waals surface area contributed by atoms with Gasteiger partial charge in [-0.3, -0.25) is 4.57 Å². The summed E-state index contributed by atoms with van der Waals surface area (Å²) in [6.45, 7) is 2.63. The Balaban J connectivity index is 2.49. The Morgan fingerprint density at radius 3 is 2.63 bits per heavy atom. The molecular formula is C13H16Cl2N4. The third-order valence-electron chi connectivity index (χ3n) is 2.92. The number of hydrogen-bond acceptors (Lipinski definition) is 3. The Morgan fingerprint density at radius 2 is 2.00 bits per heavy atom. The molecule has 2 N–H and O–H groups in total. The van der Waals surface area contributed by atoms with E-state index >= 15 is 0 Å². The van der Waals surface area contributed by atoms with Crippen molar-refractivity contribution in [1.82, 2.24) is 14.8 Å². The second kappa shape index (κ2) is 6.37. The normalized spacial score (nSPS) is 10.9.